The molecule has 2 heterocycles. The molecule has 1 saturated heterocycles. The fourth-order valence-electron chi connectivity index (χ4n) is 2.01. The number of thiazole rings is 1. The molecule has 0 amide bonds. The van der Waals surface area contributed by atoms with Gasteiger partial charge in [0.2, 0.25) is 0 Å². The van der Waals surface area contributed by atoms with Crippen molar-refractivity contribution in [1.82, 2.24) is 9.88 Å². The van der Waals surface area contributed by atoms with E-state index in [9.17, 15) is 0 Å². The molecule has 1 aliphatic heterocycles. The van der Waals surface area contributed by atoms with E-state index >= 15 is 0 Å². The zero-order chi connectivity index (χ0) is 9.97. The van der Waals surface area contributed by atoms with Gasteiger partial charge in [-0.25, -0.2) is 4.98 Å². The SMILES string of the molecule is CCC1CCN(Cc2csc(N)n2)C1. The van der Waals surface area contributed by atoms with E-state index in [2.05, 4.69) is 22.2 Å². The number of aromatic nitrogens is 1. The van der Waals surface area contributed by atoms with Crippen LogP contribution in [0.4, 0.5) is 5.13 Å². The van der Waals surface area contributed by atoms with Crippen LogP contribution in [-0.4, -0.2) is 23.0 Å². The smallest absolute Gasteiger partial charge is 0.180 e. The molecule has 0 aromatic carbocycles. The Kier molecular flexibility index (Phi) is 3.03. The third kappa shape index (κ3) is 2.25. The van der Waals surface area contributed by atoms with Crippen LogP contribution < -0.4 is 5.73 Å². The highest BCUT2D eigenvalue weighted by Crippen LogP contribution is 2.21. The van der Waals surface area contributed by atoms with Crippen LogP contribution in [0.25, 0.3) is 0 Å². The number of hydrogen-bond donors (Lipinski definition) is 1. The van der Waals surface area contributed by atoms with E-state index in [1.54, 1.807) is 0 Å². The first-order valence-corrected chi connectivity index (χ1v) is 6.08. The Morgan fingerprint density at radius 2 is 2.57 bits per heavy atom. The summed E-state index contributed by atoms with van der Waals surface area (Å²) in [6.07, 6.45) is 2.64. The molecular formula is C10H17N3S. The van der Waals surface area contributed by atoms with E-state index in [1.807, 2.05) is 0 Å². The molecule has 0 saturated carbocycles. The Morgan fingerprint density at radius 1 is 1.71 bits per heavy atom. The summed E-state index contributed by atoms with van der Waals surface area (Å²) in [6, 6.07) is 0. The van der Waals surface area contributed by atoms with Gasteiger partial charge in [0.1, 0.15) is 0 Å². The van der Waals surface area contributed by atoms with Crippen molar-refractivity contribution >= 4 is 16.5 Å². The molecule has 2 N–H and O–H groups in total. The minimum atomic E-state index is 0.686. The lowest BCUT2D eigenvalue weighted by Gasteiger charge is -2.13. The molecule has 1 aromatic rings. The zero-order valence-corrected chi connectivity index (χ0v) is 9.39. The van der Waals surface area contributed by atoms with Gasteiger partial charge in [0, 0.05) is 18.5 Å². The molecule has 2 rings (SSSR count). The van der Waals surface area contributed by atoms with E-state index < -0.39 is 0 Å². The highest BCUT2D eigenvalue weighted by molar-refractivity contribution is 7.13. The maximum atomic E-state index is 5.60. The van der Waals surface area contributed by atoms with Gasteiger partial charge < -0.3 is 5.73 Å². The van der Waals surface area contributed by atoms with Gasteiger partial charge in [0.15, 0.2) is 5.13 Å². The summed E-state index contributed by atoms with van der Waals surface area (Å²) in [4.78, 5) is 6.75. The fourth-order valence-corrected chi connectivity index (χ4v) is 2.57. The van der Waals surface area contributed by atoms with Crippen molar-refractivity contribution in [2.24, 2.45) is 5.92 Å². The highest BCUT2D eigenvalue weighted by atomic mass is 32.1. The van der Waals surface area contributed by atoms with E-state index in [0.29, 0.717) is 5.13 Å². The third-order valence-corrected chi connectivity index (χ3v) is 3.63. The Morgan fingerprint density at radius 3 is 3.14 bits per heavy atom. The first-order valence-electron chi connectivity index (χ1n) is 5.20. The van der Waals surface area contributed by atoms with Crippen LogP contribution in [0.2, 0.25) is 0 Å². The van der Waals surface area contributed by atoms with Crippen molar-refractivity contribution in [2.45, 2.75) is 26.3 Å². The molecule has 0 spiro atoms. The number of nitrogens with two attached hydrogens (primary N) is 1. The van der Waals surface area contributed by atoms with Crippen LogP contribution in [0.5, 0.6) is 0 Å². The van der Waals surface area contributed by atoms with Crippen molar-refractivity contribution in [3.05, 3.63) is 11.1 Å². The Hall–Kier alpha value is -0.610. The van der Waals surface area contributed by atoms with Crippen LogP contribution in [0.15, 0.2) is 5.38 Å². The second kappa shape index (κ2) is 4.28. The molecule has 1 aliphatic rings. The number of rotatable bonds is 3. The average Bonchev–Trinajstić information content (AvgIpc) is 2.76. The maximum absolute atomic E-state index is 5.60. The van der Waals surface area contributed by atoms with Gasteiger partial charge >= 0.3 is 0 Å². The lowest BCUT2D eigenvalue weighted by atomic mass is 10.1. The predicted molar refractivity (Wildman–Crippen MR) is 60.2 cm³/mol. The van der Waals surface area contributed by atoms with E-state index in [4.69, 9.17) is 5.73 Å². The summed E-state index contributed by atoms with van der Waals surface area (Å²) in [5, 5.41) is 2.75. The summed E-state index contributed by atoms with van der Waals surface area (Å²) >= 11 is 1.53. The topological polar surface area (TPSA) is 42.1 Å². The molecule has 0 aliphatic carbocycles. The van der Waals surface area contributed by atoms with Gasteiger partial charge in [-0.2, -0.15) is 0 Å². The molecule has 1 unspecified atom stereocenters. The minimum absolute atomic E-state index is 0.686. The van der Waals surface area contributed by atoms with Gasteiger partial charge in [0.05, 0.1) is 5.69 Å². The van der Waals surface area contributed by atoms with Crippen LogP contribution >= 0.6 is 11.3 Å². The number of likely N-dealkylation sites (tertiary alicyclic amines) is 1. The second-order valence-electron chi connectivity index (χ2n) is 3.98. The quantitative estimate of drug-likeness (QED) is 0.831. The van der Waals surface area contributed by atoms with Crippen LogP contribution in [0.3, 0.4) is 0 Å². The molecule has 14 heavy (non-hydrogen) atoms. The lowest BCUT2D eigenvalue weighted by molar-refractivity contribution is 0.312. The number of nitrogens with zero attached hydrogens (tertiary/aromatic N) is 2. The number of hydrogen-bond acceptors (Lipinski definition) is 4. The van der Waals surface area contributed by atoms with Crippen molar-refractivity contribution < 1.29 is 0 Å². The molecule has 1 aromatic heterocycles. The van der Waals surface area contributed by atoms with Crippen LogP contribution in [0.1, 0.15) is 25.5 Å². The summed E-state index contributed by atoms with van der Waals surface area (Å²) in [6.45, 7) is 5.70. The van der Waals surface area contributed by atoms with Crippen molar-refractivity contribution in [3.8, 4) is 0 Å². The maximum Gasteiger partial charge on any atom is 0.180 e. The lowest BCUT2D eigenvalue weighted by Crippen LogP contribution is -2.20. The van der Waals surface area contributed by atoms with Crippen molar-refractivity contribution in [2.75, 3.05) is 18.8 Å². The van der Waals surface area contributed by atoms with E-state index in [1.165, 1.54) is 37.3 Å². The van der Waals surface area contributed by atoms with Gasteiger partial charge in [0.25, 0.3) is 0 Å². The number of nitrogen functional groups attached to an aromatic ring is 1. The fraction of sp³-hybridized carbons (Fsp3) is 0.700. The molecule has 3 nitrogen and oxygen atoms in total. The van der Waals surface area contributed by atoms with Crippen LogP contribution in [0, 0.1) is 5.92 Å². The summed E-state index contributed by atoms with van der Waals surface area (Å²) in [5.41, 5.74) is 6.72. The van der Waals surface area contributed by atoms with E-state index in [-0.39, 0.29) is 0 Å². The summed E-state index contributed by atoms with van der Waals surface area (Å²) in [5.74, 6) is 0.894. The average molecular weight is 211 g/mol. The Bertz CT molecular complexity index is 297. The monoisotopic (exact) mass is 211 g/mol. The van der Waals surface area contributed by atoms with Gasteiger partial charge in [-0.15, -0.1) is 11.3 Å². The molecule has 1 fully saturated rings. The molecular weight excluding hydrogens is 194 g/mol. The second-order valence-corrected chi connectivity index (χ2v) is 4.86. The first kappa shape index (κ1) is 9.93. The minimum Gasteiger partial charge on any atom is -0.375 e. The highest BCUT2D eigenvalue weighted by Gasteiger charge is 2.21. The summed E-state index contributed by atoms with van der Waals surface area (Å²) in [7, 11) is 0. The Labute approximate surface area is 88.9 Å². The predicted octanol–water partition coefficient (Wildman–Crippen LogP) is 1.96. The van der Waals surface area contributed by atoms with Crippen molar-refractivity contribution in [1.29, 1.82) is 0 Å². The first-order chi connectivity index (χ1) is 6.78. The van der Waals surface area contributed by atoms with Crippen LogP contribution in [-0.2, 0) is 6.54 Å². The molecule has 0 radical (unpaired) electrons. The van der Waals surface area contributed by atoms with Gasteiger partial charge in [-0.3, -0.25) is 4.90 Å². The number of anilines is 1. The van der Waals surface area contributed by atoms with Crippen molar-refractivity contribution in [3.63, 3.8) is 0 Å². The van der Waals surface area contributed by atoms with Gasteiger partial charge in [-0.05, 0) is 18.9 Å². The Balaban J connectivity index is 1.87. The molecule has 0 bridgehead atoms. The molecule has 1 atom stereocenters. The standard InChI is InChI=1S/C10H17N3S/c1-2-8-3-4-13(5-8)6-9-7-14-10(11)12-9/h7-8H,2-6H2,1H3,(H2,11,12). The summed E-state index contributed by atoms with van der Waals surface area (Å²) < 4.78 is 0. The molecule has 4 heteroatoms. The normalized spacial score (nSPS) is 23.1. The largest absolute Gasteiger partial charge is 0.375 e. The molecule has 78 valence electrons. The zero-order valence-electron chi connectivity index (χ0n) is 8.57. The van der Waals surface area contributed by atoms with Gasteiger partial charge in [-0.1, -0.05) is 13.3 Å². The third-order valence-electron chi connectivity index (χ3n) is 2.90. The van der Waals surface area contributed by atoms with E-state index in [0.717, 1.165) is 18.2 Å².